The lowest BCUT2D eigenvalue weighted by molar-refractivity contribution is -0.143. The van der Waals surface area contributed by atoms with Crippen LogP contribution in [0.1, 0.15) is 335 Å². The molecule has 2 atom stereocenters. The maximum atomic E-state index is 12.5. The van der Waals surface area contributed by atoms with Crippen molar-refractivity contribution < 1.29 is 24.5 Å². The molecule has 0 bridgehead atoms. The molecule has 0 aliphatic heterocycles. The molecule has 382 valence electrons. The Bertz CT molecular complexity index is 913. The molecule has 2 unspecified atom stereocenters. The summed E-state index contributed by atoms with van der Waals surface area (Å²) in [4.78, 5) is 24.6. The number of amides is 1. The maximum Gasteiger partial charge on any atom is 0.305 e. The summed E-state index contributed by atoms with van der Waals surface area (Å²) in [6, 6.07) is -0.552. The lowest BCUT2D eigenvalue weighted by Crippen LogP contribution is -2.45. The fraction of sp³-hybridized carbons (Fsp3) is 0.966. The van der Waals surface area contributed by atoms with Gasteiger partial charge in [0.25, 0.3) is 0 Å². The molecular weight excluding hydrogens is 791 g/mol. The van der Waals surface area contributed by atoms with E-state index in [-0.39, 0.29) is 18.5 Å². The SMILES string of the molecule is CCCCCCCCCCCCCCCCCCCCCCC(O)C(CO)NC(=O)CCCCCCCCCCCCCCOC(=O)CCCCCCCCCCCCCCCCC. The molecule has 0 aromatic rings. The summed E-state index contributed by atoms with van der Waals surface area (Å²) < 4.78 is 5.47. The first kappa shape index (κ1) is 62.9. The largest absolute Gasteiger partial charge is 0.466 e. The van der Waals surface area contributed by atoms with Gasteiger partial charge in [-0.3, -0.25) is 9.59 Å². The van der Waals surface area contributed by atoms with Gasteiger partial charge >= 0.3 is 5.97 Å². The highest BCUT2D eigenvalue weighted by molar-refractivity contribution is 5.76. The number of aliphatic hydroxyl groups excluding tert-OH is 2. The fourth-order valence-electron chi connectivity index (χ4n) is 9.41. The van der Waals surface area contributed by atoms with E-state index in [2.05, 4.69) is 19.2 Å². The van der Waals surface area contributed by atoms with E-state index in [0.29, 0.717) is 25.9 Å². The van der Waals surface area contributed by atoms with Crippen molar-refractivity contribution in [3.63, 3.8) is 0 Å². The van der Waals surface area contributed by atoms with Crippen LogP contribution in [0.25, 0.3) is 0 Å². The number of unbranched alkanes of at least 4 members (excludes halogenated alkanes) is 44. The van der Waals surface area contributed by atoms with E-state index in [1.54, 1.807) is 0 Å². The molecule has 0 aromatic carbocycles. The Labute approximate surface area is 400 Å². The molecule has 3 N–H and O–H groups in total. The van der Waals surface area contributed by atoms with Gasteiger partial charge in [-0.15, -0.1) is 0 Å². The standard InChI is InChI=1S/C58H115NO5/c1-3-5-7-9-11-13-15-17-19-20-21-22-23-25-26-30-34-38-42-46-50-56(61)55(54-60)59-57(62)51-47-43-39-35-31-28-29-33-37-41-45-49-53-64-58(63)52-48-44-40-36-32-27-24-18-16-14-12-10-8-6-4-2/h55-56,60-61H,3-54H2,1-2H3,(H,59,62). The highest BCUT2D eigenvalue weighted by Crippen LogP contribution is 2.18. The molecule has 0 saturated carbocycles. The molecule has 1 amide bonds. The van der Waals surface area contributed by atoms with Crippen molar-refractivity contribution in [2.75, 3.05) is 13.2 Å². The van der Waals surface area contributed by atoms with Gasteiger partial charge in [-0.05, 0) is 25.7 Å². The normalized spacial score (nSPS) is 12.5. The number of aliphatic hydroxyl groups is 2. The minimum absolute atomic E-state index is 0.00492. The lowest BCUT2D eigenvalue weighted by Gasteiger charge is -2.22. The highest BCUT2D eigenvalue weighted by Gasteiger charge is 2.20. The second-order valence-electron chi connectivity index (χ2n) is 20.3. The first-order valence-corrected chi connectivity index (χ1v) is 29.3. The number of ether oxygens (including phenoxy) is 1. The van der Waals surface area contributed by atoms with Crippen molar-refractivity contribution in [1.29, 1.82) is 0 Å². The van der Waals surface area contributed by atoms with Crippen LogP contribution in [0.2, 0.25) is 0 Å². The van der Waals surface area contributed by atoms with E-state index >= 15 is 0 Å². The minimum atomic E-state index is -0.674. The molecule has 0 aliphatic rings. The van der Waals surface area contributed by atoms with Crippen LogP contribution >= 0.6 is 0 Å². The quantitative estimate of drug-likeness (QED) is 0.0417. The smallest absolute Gasteiger partial charge is 0.305 e. The Balaban J connectivity index is 3.43. The van der Waals surface area contributed by atoms with Crippen molar-refractivity contribution in [3.8, 4) is 0 Å². The molecule has 0 rings (SSSR count). The zero-order valence-electron chi connectivity index (χ0n) is 43.5. The maximum absolute atomic E-state index is 12.5. The Morgan fingerprint density at radius 2 is 0.641 bits per heavy atom. The zero-order chi connectivity index (χ0) is 46.5. The number of hydrogen-bond acceptors (Lipinski definition) is 5. The third-order valence-corrected chi connectivity index (χ3v) is 13.9. The van der Waals surface area contributed by atoms with Crippen LogP contribution in [0.5, 0.6) is 0 Å². The highest BCUT2D eigenvalue weighted by atomic mass is 16.5. The van der Waals surface area contributed by atoms with Gasteiger partial charge < -0.3 is 20.3 Å². The molecule has 0 heterocycles. The fourth-order valence-corrected chi connectivity index (χ4v) is 9.41. The summed E-state index contributed by atoms with van der Waals surface area (Å²) in [6.07, 6.45) is 62.3. The van der Waals surface area contributed by atoms with Crippen molar-refractivity contribution in [1.82, 2.24) is 5.32 Å². The number of nitrogens with one attached hydrogen (secondary N) is 1. The van der Waals surface area contributed by atoms with E-state index in [4.69, 9.17) is 4.74 Å². The van der Waals surface area contributed by atoms with Crippen molar-refractivity contribution in [2.45, 2.75) is 347 Å². The van der Waals surface area contributed by atoms with Gasteiger partial charge in [0.15, 0.2) is 0 Å². The number of carbonyl (C=O) groups excluding carboxylic acids is 2. The molecular formula is C58H115NO5. The Morgan fingerprint density at radius 1 is 0.375 bits per heavy atom. The van der Waals surface area contributed by atoms with Gasteiger partial charge in [0.1, 0.15) is 0 Å². The van der Waals surface area contributed by atoms with Gasteiger partial charge in [0.05, 0.1) is 25.4 Å². The van der Waals surface area contributed by atoms with E-state index < -0.39 is 12.1 Å². The molecule has 0 radical (unpaired) electrons. The van der Waals surface area contributed by atoms with Gasteiger partial charge in [0, 0.05) is 12.8 Å². The predicted molar refractivity (Wildman–Crippen MR) is 278 cm³/mol. The molecule has 6 nitrogen and oxygen atoms in total. The van der Waals surface area contributed by atoms with E-state index in [9.17, 15) is 19.8 Å². The molecule has 0 aromatic heterocycles. The van der Waals surface area contributed by atoms with Crippen molar-refractivity contribution in [2.24, 2.45) is 0 Å². The number of rotatable bonds is 55. The van der Waals surface area contributed by atoms with Crippen molar-refractivity contribution in [3.05, 3.63) is 0 Å². The molecule has 0 fully saturated rings. The Morgan fingerprint density at radius 3 is 0.953 bits per heavy atom. The van der Waals surface area contributed by atoms with Crippen LogP contribution in [0.3, 0.4) is 0 Å². The first-order valence-electron chi connectivity index (χ1n) is 29.3. The average molecular weight is 907 g/mol. The summed E-state index contributed by atoms with van der Waals surface area (Å²) in [5, 5.41) is 23.3. The molecule has 64 heavy (non-hydrogen) atoms. The second-order valence-corrected chi connectivity index (χ2v) is 20.3. The van der Waals surface area contributed by atoms with E-state index in [1.165, 1.54) is 244 Å². The van der Waals surface area contributed by atoms with Crippen molar-refractivity contribution >= 4 is 11.9 Å². The second kappa shape index (κ2) is 54.5. The van der Waals surface area contributed by atoms with Crippen LogP contribution in [-0.4, -0.2) is 47.4 Å². The number of carbonyl (C=O) groups is 2. The summed E-state index contributed by atoms with van der Waals surface area (Å²) >= 11 is 0. The number of esters is 1. The third-order valence-electron chi connectivity index (χ3n) is 13.9. The van der Waals surface area contributed by atoms with Crippen LogP contribution in [-0.2, 0) is 14.3 Å². The van der Waals surface area contributed by atoms with Crippen LogP contribution < -0.4 is 5.32 Å². The van der Waals surface area contributed by atoms with E-state index in [1.807, 2.05) is 0 Å². The van der Waals surface area contributed by atoms with Gasteiger partial charge in [-0.1, -0.05) is 296 Å². The predicted octanol–water partition coefficient (Wildman–Crippen LogP) is 17.9. The summed E-state index contributed by atoms with van der Waals surface area (Å²) in [5.41, 5.74) is 0. The topological polar surface area (TPSA) is 95.9 Å². The Kier molecular flexibility index (Phi) is 53.5. The van der Waals surface area contributed by atoms with Gasteiger partial charge in [0.2, 0.25) is 5.91 Å². The number of hydrogen-bond donors (Lipinski definition) is 3. The third kappa shape index (κ3) is 50.3. The van der Waals surface area contributed by atoms with Crippen LogP contribution in [0, 0.1) is 0 Å². The summed E-state index contributed by atoms with van der Waals surface area (Å²) in [6.45, 7) is 4.95. The summed E-state index contributed by atoms with van der Waals surface area (Å²) in [7, 11) is 0. The Hall–Kier alpha value is -1.14. The monoisotopic (exact) mass is 906 g/mol. The molecule has 0 saturated heterocycles. The first-order chi connectivity index (χ1) is 31.5. The minimum Gasteiger partial charge on any atom is -0.466 e. The summed E-state index contributed by atoms with van der Waals surface area (Å²) in [5.74, 6) is -0.0511. The zero-order valence-corrected chi connectivity index (χ0v) is 43.5. The molecule has 6 heteroatoms. The van der Waals surface area contributed by atoms with Crippen LogP contribution in [0.15, 0.2) is 0 Å². The molecule has 0 spiro atoms. The van der Waals surface area contributed by atoms with Gasteiger partial charge in [-0.2, -0.15) is 0 Å². The van der Waals surface area contributed by atoms with E-state index in [0.717, 1.165) is 57.8 Å². The average Bonchev–Trinajstić information content (AvgIpc) is 3.29. The molecule has 0 aliphatic carbocycles. The van der Waals surface area contributed by atoms with Crippen LogP contribution in [0.4, 0.5) is 0 Å². The van der Waals surface area contributed by atoms with Gasteiger partial charge in [-0.25, -0.2) is 0 Å². The lowest BCUT2D eigenvalue weighted by atomic mass is 10.0.